The fraction of sp³-hybridized carbons (Fsp3) is 0.0500. The number of para-hydroxylation sites is 1. The molecule has 0 saturated carbocycles. The molecule has 0 aliphatic carbocycles. The van der Waals surface area contributed by atoms with Gasteiger partial charge in [0.15, 0.2) is 0 Å². The van der Waals surface area contributed by atoms with Gasteiger partial charge in [0.2, 0.25) is 0 Å². The van der Waals surface area contributed by atoms with E-state index in [0.717, 1.165) is 22.5 Å². The first kappa shape index (κ1) is 13.4. The van der Waals surface area contributed by atoms with Gasteiger partial charge in [-0.25, -0.2) is 0 Å². The van der Waals surface area contributed by atoms with Gasteiger partial charge in [0.05, 0.1) is 29.8 Å². The van der Waals surface area contributed by atoms with E-state index in [0.29, 0.717) is 5.56 Å². The van der Waals surface area contributed by atoms with Crippen LogP contribution >= 0.6 is 0 Å². The van der Waals surface area contributed by atoms with Gasteiger partial charge >= 0.3 is 0 Å². The van der Waals surface area contributed by atoms with Crippen molar-refractivity contribution in [3.8, 4) is 17.5 Å². The van der Waals surface area contributed by atoms with Crippen LogP contribution in [0.15, 0.2) is 66.7 Å². The number of ether oxygens (including phenoxy) is 1. The van der Waals surface area contributed by atoms with Crippen molar-refractivity contribution in [2.45, 2.75) is 0 Å². The third-order valence-corrected chi connectivity index (χ3v) is 4.14. The molecule has 23 heavy (non-hydrogen) atoms. The fourth-order valence-corrected chi connectivity index (χ4v) is 3.04. The number of hydrogen-bond acceptors (Lipinski definition) is 2. The molecule has 0 atom stereocenters. The van der Waals surface area contributed by atoms with E-state index in [4.69, 9.17) is 10.00 Å². The Bertz CT molecular complexity index is 1050. The summed E-state index contributed by atoms with van der Waals surface area (Å²) >= 11 is 0. The van der Waals surface area contributed by atoms with Crippen LogP contribution < -0.4 is 4.74 Å². The zero-order valence-corrected chi connectivity index (χ0v) is 12.7. The van der Waals surface area contributed by atoms with E-state index in [9.17, 15) is 0 Å². The largest absolute Gasteiger partial charge is 0.497 e. The number of benzene rings is 3. The highest BCUT2D eigenvalue weighted by molar-refractivity contribution is 6.09. The van der Waals surface area contributed by atoms with Crippen molar-refractivity contribution in [2.75, 3.05) is 7.11 Å². The lowest BCUT2D eigenvalue weighted by atomic mass is 10.1. The van der Waals surface area contributed by atoms with Gasteiger partial charge < -0.3 is 9.30 Å². The quantitative estimate of drug-likeness (QED) is 0.539. The highest BCUT2D eigenvalue weighted by Crippen LogP contribution is 2.33. The number of fused-ring (bicyclic) bond motifs is 3. The highest BCUT2D eigenvalue weighted by Gasteiger charge is 2.12. The summed E-state index contributed by atoms with van der Waals surface area (Å²) in [5.41, 5.74) is 3.92. The molecule has 3 aromatic carbocycles. The number of aromatic nitrogens is 1. The first-order valence-electron chi connectivity index (χ1n) is 7.39. The normalized spacial score (nSPS) is 10.8. The third kappa shape index (κ3) is 2.04. The molecule has 0 N–H and O–H groups in total. The molecule has 0 aliphatic rings. The Morgan fingerprint density at radius 2 is 1.61 bits per heavy atom. The lowest BCUT2D eigenvalue weighted by molar-refractivity contribution is 0.415. The minimum atomic E-state index is 0.659. The van der Waals surface area contributed by atoms with Crippen molar-refractivity contribution in [2.24, 2.45) is 0 Å². The summed E-state index contributed by atoms with van der Waals surface area (Å²) in [4.78, 5) is 0. The van der Waals surface area contributed by atoms with Gasteiger partial charge in [-0.15, -0.1) is 0 Å². The Balaban J connectivity index is 2.10. The first-order valence-corrected chi connectivity index (χ1v) is 7.39. The van der Waals surface area contributed by atoms with E-state index >= 15 is 0 Å². The standard InChI is InChI=1S/C20H14N2O/c1-23-16-10-11-18-17-4-2-3-5-19(17)22(20(18)12-16)15-8-6-14(13-21)7-9-15/h2-12H,1H3. The van der Waals surface area contributed by atoms with Crippen LogP contribution in [0.2, 0.25) is 0 Å². The lowest BCUT2D eigenvalue weighted by Gasteiger charge is -2.08. The van der Waals surface area contributed by atoms with Crippen molar-refractivity contribution < 1.29 is 4.74 Å². The number of methoxy groups -OCH3 is 1. The molecule has 0 unspecified atom stereocenters. The number of rotatable bonds is 2. The molecule has 1 aromatic heterocycles. The van der Waals surface area contributed by atoms with E-state index in [1.54, 1.807) is 7.11 Å². The maximum Gasteiger partial charge on any atom is 0.120 e. The Morgan fingerprint density at radius 1 is 0.870 bits per heavy atom. The molecule has 0 spiro atoms. The Labute approximate surface area is 134 Å². The first-order chi connectivity index (χ1) is 11.3. The maximum absolute atomic E-state index is 9.00. The number of nitrogens with zero attached hydrogens (tertiary/aromatic N) is 2. The summed E-state index contributed by atoms with van der Waals surface area (Å²) in [7, 11) is 1.68. The molecule has 1 heterocycles. The van der Waals surface area contributed by atoms with Gasteiger partial charge in [-0.05, 0) is 42.5 Å². The molecule has 110 valence electrons. The van der Waals surface area contributed by atoms with Gasteiger partial charge in [0.1, 0.15) is 5.75 Å². The zero-order valence-electron chi connectivity index (χ0n) is 12.7. The summed E-state index contributed by atoms with van der Waals surface area (Å²) in [6, 6.07) is 24.3. The molecule has 0 amide bonds. The molecule has 0 radical (unpaired) electrons. The summed E-state index contributed by atoms with van der Waals surface area (Å²) in [5, 5.41) is 11.4. The van der Waals surface area contributed by atoms with Gasteiger partial charge in [-0.3, -0.25) is 0 Å². The molecule has 3 nitrogen and oxygen atoms in total. The highest BCUT2D eigenvalue weighted by atomic mass is 16.5. The van der Waals surface area contributed by atoms with Crippen LogP contribution in [-0.4, -0.2) is 11.7 Å². The summed E-state index contributed by atoms with van der Waals surface area (Å²) in [5.74, 6) is 0.829. The van der Waals surface area contributed by atoms with Crippen molar-refractivity contribution in [1.82, 2.24) is 4.57 Å². The Hall–Kier alpha value is -3.25. The van der Waals surface area contributed by atoms with Crippen molar-refractivity contribution in [3.05, 3.63) is 72.3 Å². The second-order valence-electron chi connectivity index (χ2n) is 5.39. The summed E-state index contributed by atoms with van der Waals surface area (Å²) in [6.07, 6.45) is 0. The van der Waals surface area contributed by atoms with Crippen LogP contribution in [0.5, 0.6) is 5.75 Å². The molecular weight excluding hydrogens is 284 g/mol. The van der Waals surface area contributed by atoms with E-state index in [2.05, 4.69) is 34.9 Å². The van der Waals surface area contributed by atoms with Crippen LogP contribution in [-0.2, 0) is 0 Å². The maximum atomic E-state index is 9.00. The summed E-state index contributed by atoms with van der Waals surface area (Å²) < 4.78 is 7.59. The topological polar surface area (TPSA) is 38.0 Å². The van der Waals surface area contributed by atoms with Crippen LogP contribution in [0.3, 0.4) is 0 Å². The average Bonchev–Trinajstić information content (AvgIpc) is 2.95. The molecule has 0 saturated heterocycles. The van der Waals surface area contributed by atoms with E-state index < -0.39 is 0 Å². The van der Waals surface area contributed by atoms with Crippen LogP contribution in [0.25, 0.3) is 27.5 Å². The van der Waals surface area contributed by atoms with E-state index in [-0.39, 0.29) is 0 Å². The van der Waals surface area contributed by atoms with Gasteiger partial charge in [-0.2, -0.15) is 5.26 Å². The Kier molecular flexibility index (Phi) is 3.03. The van der Waals surface area contributed by atoms with Crippen molar-refractivity contribution in [3.63, 3.8) is 0 Å². The smallest absolute Gasteiger partial charge is 0.120 e. The predicted molar refractivity (Wildman–Crippen MR) is 92.0 cm³/mol. The molecule has 0 fully saturated rings. The Morgan fingerprint density at radius 3 is 2.35 bits per heavy atom. The van der Waals surface area contributed by atoms with E-state index in [1.165, 1.54) is 10.8 Å². The molecule has 0 aliphatic heterocycles. The van der Waals surface area contributed by atoms with Crippen LogP contribution in [0.1, 0.15) is 5.56 Å². The van der Waals surface area contributed by atoms with Gasteiger partial charge in [0.25, 0.3) is 0 Å². The number of hydrogen-bond donors (Lipinski definition) is 0. The molecule has 3 heteroatoms. The van der Waals surface area contributed by atoms with Crippen molar-refractivity contribution >= 4 is 21.8 Å². The van der Waals surface area contributed by atoms with Crippen LogP contribution in [0, 0.1) is 11.3 Å². The third-order valence-electron chi connectivity index (χ3n) is 4.14. The fourth-order valence-electron chi connectivity index (χ4n) is 3.04. The minimum Gasteiger partial charge on any atom is -0.497 e. The lowest BCUT2D eigenvalue weighted by Crippen LogP contribution is -1.94. The molecular formula is C20H14N2O. The molecule has 0 bridgehead atoms. The average molecular weight is 298 g/mol. The molecule has 4 aromatic rings. The second kappa shape index (κ2) is 5.19. The SMILES string of the molecule is COc1ccc2c3ccccc3n(-c3ccc(C#N)cc3)c2c1. The minimum absolute atomic E-state index is 0.659. The van der Waals surface area contributed by atoms with Crippen LogP contribution in [0.4, 0.5) is 0 Å². The predicted octanol–water partition coefficient (Wildman–Crippen LogP) is 4.66. The van der Waals surface area contributed by atoms with E-state index in [1.807, 2.05) is 42.5 Å². The monoisotopic (exact) mass is 298 g/mol. The van der Waals surface area contributed by atoms with Gasteiger partial charge in [0, 0.05) is 22.5 Å². The zero-order chi connectivity index (χ0) is 15.8. The van der Waals surface area contributed by atoms with Gasteiger partial charge in [-0.1, -0.05) is 18.2 Å². The van der Waals surface area contributed by atoms with Crippen molar-refractivity contribution in [1.29, 1.82) is 5.26 Å². The molecule has 4 rings (SSSR count). The second-order valence-corrected chi connectivity index (χ2v) is 5.39. The summed E-state index contributed by atoms with van der Waals surface area (Å²) in [6.45, 7) is 0. The number of nitriles is 1.